The van der Waals surface area contributed by atoms with Crippen LogP contribution in [0.25, 0.3) is 0 Å². The topological polar surface area (TPSA) is 0 Å². The minimum absolute atomic E-state index is 0. The molecule has 1 fully saturated rings. The molecule has 0 aromatic rings. The van der Waals surface area contributed by atoms with Gasteiger partial charge in [0, 0.05) is 0 Å². The van der Waals surface area contributed by atoms with Gasteiger partial charge in [-0.05, 0) is 0 Å². The van der Waals surface area contributed by atoms with Gasteiger partial charge in [-0.2, -0.15) is 0 Å². The summed E-state index contributed by atoms with van der Waals surface area (Å²) in [5, 5.41) is 3.12. The van der Waals surface area contributed by atoms with Crippen molar-refractivity contribution in [3.63, 3.8) is 0 Å². The van der Waals surface area contributed by atoms with E-state index in [0.29, 0.717) is 0 Å². The molecule has 0 amide bonds. The maximum absolute atomic E-state index is 1.56. The first kappa shape index (κ1) is 9.16. The summed E-state index contributed by atoms with van der Waals surface area (Å²) in [6.45, 7) is 0. The van der Waals surface area contributed by atoms with E-state index in [1.807, 2.05) is 0 Å². The Morgan fingerprint density at radius 2 is 1.43 bits per heavy atom. The fraction of sp³-hybridized carbons (Fsp3) is 1.00. The summed E-state index contributed by atoms with van der Waals surface area (Å²) in [4.78, 5) is 0. The molecule has 0 radical (unpaired) electrons. The third kappa shape index (κ3) is 4.65. The summed E-state index contributed by atoms with van der Waals surface area (Å²) in [5.74, 6) is 0. The van der Waals surface area contributed by atoms with E-state index in [0.717, 1.165) is 15.0 Å². The molecule has 0 atom stereocenters. The van der Waals surface area contributed by atoms with Gasteiger partial charge in [0.15, 0.2) is 0 Å². The van der Waals surface area contributed by atoms with E-state index in [9.17, 15) is 0 Å². The van der Waals surface area contributed by atoms with Gasteiger partial charge in [-0.15, -0.1) is 0 Å². The predicted octanol–water partition coefficient (Wildman–Crippen LogP) is 1.06. The average molecular weight is 189 g/mol. The van der Waals surface area contributed by atoms with Gasteiger partial charge in [-0.1, -0.05) is 0 Å². The maximum atomic E-state index is 1.56. The van der Waals surface area contributed by atoms with Gasteiger partial charge >= 0.3 is 96.2 Å². The molecule has 0 bridgehead atoms. The zero-order valence-electron chi connectivity index (χ0n) is 3.94. The molecule has 1 aliphatic rings. The van der Waals surface area contributed by atoms with Gasteiger partial charge in [0.05, 0.1) is 0 Å². The molecular formula is C5H11KSe. The zero-order valence-corrected chi connectivity index (χ0v) is 5.66. The first-order chi connectivity index (χ1) is 3.00. The molecule has 0 spiro atoms. The normalized spacial score (nSPS) is 20.6. The molecule has 0 N–H and O–H groups in total. The second-order valence-corrected chi connectivity index (χ2v) is 4.24. The molecule has 0 saturated carbocycles. The van der Waals surface area contributed by atoms with E-state index < -0.39 is 0 Å². The summed E-state index contributed by atoms with van der Waals surface area (Å²) in [7, 11) is 0. The van der Waals surface area contributed by atoms with Crippen molar-refractivity contribution in [2.24, 2.45) is 0 Å². The summed E-state index contributed by atoms with van der Waals surface area (Å²) < 4.78 is 0. The molecule has 1 rings (SSSR count). The van der Waals surface area contributed by atoms with Crippen molar-refractivity contribution in [1.82, 2.24) is 0 Å². The Labute approximate surface area is 94.4 Å². The quantitative estimate of drug-likeness (QED) is 0.500. The van der Waals surface area contributed by atoms with Crippen LogP contribution in [0.5, 0.6) is 0 Å². The summed E-state index contributed by atoms with van der Waals surface area (Å²) in [6.07, 6.45) is 4.57. The Hall–Kier alpha value is 2.16. The van der Waals surface area contributed by atoms with E-state index in [1.165, 1.54) is 19.3 Å². The molecule has 1 saturated heterocycles. The Balaban J connectivity index is 0.000000360. The number of hydrogen-bond donors (Lipinski definition) is 0. The third-order valence-electron chi connectivity index (χ3n) is 1.08. The van der Waals surface area contributed by atoms with Crippen molar-refractivity contribution in [3.05, 3.63) is 0 Å². The van der Waals surface area contributed by atoms with Crippen LogP contribution < -0.4 is 0 Å². The average Bonchev–Trinajstić information content (AvgIpc) is 1.72. The molecule has 0 aromatic carbocycles. The van der Waals surface area contributed by atoms with E-state index >= 15 is 0 Å². The van der Waals surface area contributed by atoms with Gasteiger partial charge < -0.3 is 0 Å². The summed E-state index contributed by atoms with van der Waals surface area (Å²) in [6, 6.07) is 0. The van der Waals surface area contributed by atoms with E-state index in [4.69, 9.17) is 0 Å². The second kappa shape index (κ2) is 6.28. The van der Waals surface area contributed by atoms with E-state index in [-0.39, 0.29) is 51.4 Å². The standard InChI is InChI=1S/C5H10Se.K.H/c1-2-4-6-5-3-1;;/h1-5H2;;. The predicted molar refractivity (Wildman–Crippen MR) is 36.4 cm³/mol. The van der Waals surface area contributed by atoms with Gasteiger partial charge in [0.25, 0.3) is 0 Å². The van der Waals surface area contributed by atoms with Crippen LogP contribution >= 0.6 is 0 Å². The molecular weight excluding hydrogens is 178 g/mol. The molecule has 0 aliphatic carbocycles. The fourth-order valence-corrected chi connectivity index (χ4v) is 2.83. The van der Waals surface area contributed by atoms with E-state index in [2.05, 4.69) is 0 Å². The molecule has 0 unspecified atom stereocenters. The van der Waals surface area contributed by atoms with Crippen molar-refractivity contribution in [3.8, 4) is 0 Å². The van der Waals surface area contributed by atoms with Gasteiger partial charge in [-0.25, -0.2) is 0 Å². The van der Waals surface area contributed by atoms with E-state index in [1.54, 1.807) is 10.6 Å². The number of hydrogen-bond acceptors (Lipinski definition) is 0. The molecule has 38 valence electrons. The van der Waals surface area contributed by atoms with Crippen LogP contribution in [0, 0.1) is 0 Å². The van der Waals surface area contributed by atoms with Crippen molar-refractivity contribution >= 4 is 66.3 Å². The minimum atomic E-state index is 0. The molecule has 2 heteroatoms. The summed E-state index contributed by atoms with van der Waals surface area (Å²) in [5.41, 5.74) is 0. The van der Waals surface area contributed by atoms with Crippen molar-refractivity contribution in [2.45, 2.75) is 29.9 Å². The number of rotatable bonds is 0. The molecule has 1 heterocycles. The third-order valence-corrected chi connectivity index (χ3v) is 3.50. The van der Waals surface area contributed by atoms with Crippen LogP contribution in [0.1, 0.15) is 19.3 Å². The van der Waals surface area contributed by atoms with Crippen LogP contribution in [-0.2, 0) is 0 Å². The SMILES string of the molecule is C1CC[Se]CC1.[KH]. The first-order valence-electron chi connectivity index (χ1n) is 2.58. The van der Waals surface area contributed by atoms with Gasteiger partial charge in [-0.3, -0.25) is 0 Å². The van der Waals surface area contributed by atoms with Crippen molar-refractivity contribution in [2.75, 3.05) is 0 Å². The zero-order chi connectivity index (χ0) is 4.24. The second-order valence-electron chi connectivity index (χ2n) is 1.67. The van der Waals surface area contributed by atoms with Gasteiger partial charge in [0.2, 0.25) is 0 Å². The molecule has 0 nitrogen and oxygen atoms in total. The Morgan fingerprint density at radius 1 is 0.857 bits per heavy atom. The Bertz CT molecular complexity index is 23.6. The first-order valence-corrected chi connectivity index (χ1v) is 5.00. The van der Waals surface area contributed by atoms with Crippen molar-refractivity contribution in [1.29, 1.82) is 0 Å². The van der Waals surface area contributed by atoms with Gasteiger partial charge in [0.1, 0.15) is 0 Å². The monoisotopic (exact) mass is 190 g/mol. The molecule has 1 aliphatic heterocycles. The van der Waals surface area contributed by atoms with Crippen molar-refractivity contribution < 1.29 is 0 Å². The van der Waals surface area contributed by atoms with Crippen LogP contribution in [0.3, 0.4) is 0 Å². The molecule has 0 aromatic heterocycles. The summed E-state index contributed by atoms with van der Waals surface area (Å²) >= 11 is 1.05. The molecule has 7 heavy (non-hydrogen) atoms. The Kier molecular flexibility index (Phi) is 8.21. The van der Waals surface area contributed by atoms with Crippen LogP contribution in [-0.4, -0.2) is 66.3 Å². The van der Waals surface area contributed by atoms with Crippen LogP contribution in [0.4, 0.5) is 0 Å². The van der Waals surface area contributed by atoms with Crippen LogP contribution in [0.15, 0.2) is 0 Å². The fourth-order valence-electron chi connectivity index (χ4n) is 0.687. The Morgan fingerprint density at radius 3 is 1.57 bits per heavy atom. The van der Waals surface area contributed by atoms with Crippen LogP contribution in [0.2, 0.25) is 10.6 Å².